The van der Waals surface area contributed by atoms with Gasteiger partial charge < -0.3 is 5.32 Å². The van der Waals surface area contributed by atoms with Gasteiger partial charge in [-0.1, -0.05) is 0 Å². The van der Waals surface area contributed by atoms with E-state index >= 15 is 0 Å². The van der Waals surface area contributed by atoms with Crippen molar-refractivity contribution < 1.29 is 0 Å². The minimum absolute atomic E-state index is 0.625. The first-order valence-corrected chi connectivity index (χ1v) is 3.00. The average Bonchev–Trinajstić information content (AvgIpc) is 2.14. The number of hydrazine groups is 1. The topological polar surface area (TPSA) is 41.3 Å². The highest BCUT2D eigenvalue weighted by molar-refractivity contribution is 4.75. The molecule has 1 rings (SSSR count). The molecule has 48 valence electrons. The van der Waals surface area contributed by atoms with Gasteiger partial charge in [-0.05, 0) is 13.5 Å². The molecule has 8 heavy (non-hydrogen) atoms. The van der Waals surface area contributed by atoms with Crippen LogP contribution in [0.15, 0.2) is 0 Å². The van der Waals surface area contributed by atoms with Gasteiger partial charge in [0.1, 0.15) is 0 Å². The Kier molecular flexibility index (Phi) is 1.83. The molecular weight excluding hydrogens is 102 g/mol. The summed E-state index contributed by atoms with van der Waals surface area (Å²) in [7, 11) is 1.98. The van der Waals surface area contributed by atoms with Gasteiger partial charge in [-0.15, -0.1) is 0 Å². The summed E-state index contributed by atoms with van der Waals surface area (Å²) in [5.41, 5.74) is 0. The maximum Gasteiger partial charge on any atom is 0.0283 e. The molecule has 0 unspecified atom stereocenters. The zero-order chi connectivity index (χ0) is 5.98. The van der Waals surface area contributed by atoms with Gasteiger partial charge in [0, 0.05) is 19.1 Å². The van der Waals surface area contributed by atoms with Crippen molar-refractivity contribution >= 4 is 0 Å². The molecular formula is C5H13N3. The molecule has 1 fully saturated rings. The maximum atomic E-state index is 5.49. The van der Waals surface area contributed by atoms with E-state index in [9.17, 15) is 0 Å². The van der Waals surface area contributed by atoms with Crippen LogP contribution in [0.2, 0.25) is 0 Å². The zero-order valence-electron chi connectivity index (χ0n) is 5.22. The van der Waals surface area contributed by atoms with E-state index in [1.165, 1.54) is 6.42 Å². The Balaban J connectivity index is 2.22. The summed E-state index contributed by atoms with van der Waals surface area (Å²) in [4.78, 5) is 0. The monoisotopic (exact) mass is 115 g/mol. The van der Waals surface area contributed by atoms with E-state index in [2.05, 4.69) is 5.32 Å². The highest BCUT2D eigenvalue weighted by atomic mass is 15.4. The molecule has 3 N–H and O–H groups in total. The smallest absolute Gasteiger partial charge is 0.0283 e. The van der Waals surface area contributed by atoms with Crippen LogP contribution in [0.1, 0.15) is 6.42 Å². The first kappa shape index (κ1) is 6.01. The lowest BCUT2D eigenvalue weighted by molar-refractivity contribution is 0.344. The van der Waals surface area contributed by atoms with E-state index in [0.717, 1.165) is 13.1 Å². The van der Waals surface area contributed by atoms with Crippen LogP contribution in [0.3, 0.4) is 0 Å². The predicted molar refractivity (Wildman–Crippen MR) is 33.2 cm³/mol. The summed E-state index contributed by atoms with van der Waals surface area (Å²) >= 11 is 0. The second-order valence-electron chi connectivity index (χ2n) is 2.27. The predicted octanol–water partition coefficient (Wildman–Crippen LogP) is -0.846. The molecule has 0 spiro atoms. The molecule has 0 radical (unpaired) electrons. The molecule has 0 aliphatic carbocycles. The van der Waals surface area contributed by atoms with Crippen LogP contribution in [0, 0.1) is 0 Å². The molecule has 0 saturated carbocycles. The van der Waals surface area contributed by atoms with Crippen molar-refractivity contribution in [1.82, 2.24) is 10.3 Å². The standard InChI is InChI=1S/C5H13N3/c1-7-5-2-3-8(6)4-5/h5,7H,2-4,6H2,1H3/t5-/m0/s1. The lowest BCUT2D eigenvalue weighted by Crippen LogP contribution is -2.33. The van der Waals surface area contributed by atoms with E-state index < -0.39 is 0 Å². The molecule has 1 aliphatic rings. The minimum Gasteiger partial charge on any atom is -0.316 e. The third-order valence-corrected chi connectivity index (χ3v) is 1.63. The molecule has 0 amide bonds. The van der Waals surface area contributed by atoms with Gasteiger partial charge in [0.2, 0.25) is 0 Å². The molecule has 0 aromatic carbocycles. The van der Waals surface area contributed by atoms with Gasteiger partial charge in [-0.25, -0.2) is 5.01 Å². The number of nitrogens with one attached hydrogen (secondary N) is 1. The van der Waals surface area contributed by atoms with E-state index in [0.29, 0.717) is 6.04 Å². The molecule has 0 aromatic rings. The summed E-state index contributed by atoms with van der Waals surface area (Å²) in [6.07, 6.45) is 1.19. The van der Waals surface area contributed by atoms with Crippen LogP contribution < -0.4 is 11.2 Å². The van der Waals surface area contributed by atoms with Gasteiger partial charge in [0.15, 0.2) is 0 Å². The number of hydrogen-bond donors (Lipinski definition) is 2. The molecule has 1 atom stereocenters. The number of hydrogen-bond acceptors (Lipinski definition) is 3. The third kappa shape index (κ3) is 1.18. The van der Waals surface area contributed by atoms with Crippen LogP contribution in [0.25, 0.3) is 0 Å². The summed E-state index contributed by atoms with van der Waals surface area (Å²) in [6.45, 7) is 2.03. The van der Waals surface area contributed by atoms with E-state index in [1.807, 2.05) is 12.1 Å². The molecule has 3 nitrogen and oxygen atoms in total. The SMILES string of the molecule is CN[C@H]1CCN(N)C1. The summed E-state index contributed by atoms with van der Waals surface area (Å²) < 4.78 is 0. The van der Waals surface area contributed by atoms with Gasteiger partial charge >= 0.3 is 0 Å². The Morgan fingerprint density at radius 3 is 2.75 bits per heavy atom. The van der Waals surface area contributed by atoms with Gasteiger partial charge in [-0.3, -0.25) is 5.84 Å². The molecule has 3 heteroatoms. The van der Waals surface area contributed by atoms with Crippen LogP contribution in [0.4, 0.5) is 0 Å². The van der Waals surface area contributed by atoms with Crippen molar-refractivity contribution in [1.29, 1.82) is 0 Å². The van der Waals surface area contributed by atoms with E-state index in [1.54, 1.807) is 0 Å². The largest absolute Gasteiger partial charge is 0.316 e. The summed E-state index contributed by atoms with van der Waals surface area (Å²) in [6, 6.07) is 0.625. The first-order valence-electron chi connectivity index (χ1n) is 3.00. The van der Waals surface area contributed by atoms with E-state index in [4.69, 9.17) is 5.84 Å². The quantitative estimate of drug-likeness (QED) is 0.437. The fraction of sp³-hybridized carbons (Fsp3) is 1.00. The van der Waals surface area contributed by atoms with Crippen molar-refractivity contribution in [3.05, 3.63) is 0 Å². The normalized spacial score (nSPS) is 31.5. The van der Waals surface area contributed by atoms with Crippen LogP contribution in [0.5, 0.6) is 0 Å². The summed E-state index contributed by atoms with van der Waals surface area (Å²) in [5.74, 6) is 5.49. The van der Waals surface area contributed by atoms with Gasteiger partial charge in [0.05, 0.1) is 0 Å². The van der Waals surface area contributed by atoms with Crippen molar-refractivity contribution in [2.45, 2.75) is 12.5 Å². The van der Waals surface area contributed by atoms with Crippen molar-refractivity contribution in [3.8, 4) is 0 Å². The number of nitrogens with two attached hydrogens (primary N) is 1. The summed E-state index contributed by atoms with van der Waals surface area (Å²) in [5, 5.41) is 5.02. The zero-order valence-corrected chi connectivity index (χ0v) is 5.22. The van der Waals surface area contributed by atoms with Crippen LogP contribution in [-0.2, 0) is 0 Å². The van der Waals surface area contributed by atoms with Gasteiger partial charge in [-0.2, -0.15) is 0 Å². The first-order chi connectivity index (χ1) is 3.83. The average molecular weight is 115 g/mol. The number of likely N-dealkylation sites (N-methyl/N-ethyl adjacent to an activating group) is 1. The van der Waals surface area contributed by atoms with Crippen LogP contribution in [-0.4, -0.2) is 31.2 Å². The minimum atomic E-state index is 0.625. The lowest BCUT2D eigenvalue weighted by Gasteiger charge is -2.07. The highest BCUT2D eigenvalue weighted by Crippen LogP contribution is 2.02. The second-order valence-corrected chi connectivity index (χ2v) is 2.27. The second kappa shape index (κ2) is 2.44. The maximum absolute atomic E-state index is 5.49. The van der Waals surface area contributed by atoms with Crippen molar-refractivity contribution in [2.24, 2.45) is 5.84 Å². The molecule has 0 bridgehead atoms. The molecule has 1 aliphatic heterocycles. The Bertz CT molecular complexity index is 74.1. The Morgan fingerprint density at radius 2 is 2.50 bits per heavy atom. The Labute approximate surface area is 49.8 Å². The highest BCUT2D eigenvalue weighted by Gasteiger charge is 2.16. The Hall–Kier alpha value is -0.120. The third-order valence-electron chi connectivity index (χ3n) is 1.63. The number of nitrogens with zero attached hydrogens (tertiary/aromatic N) is 1. The molecule has 1 saturated heterocycles. The van der Waals surface area contributed by atoms with Crippen molar-refractivity contribution in [3.63, 3.8) is 0 Å². The fourth-order valence-electron chi connectivity index (χ4n) is 1.02. The Morgan fingerprint density at radius 1 is 1.75 bits per heavy atom. The van der Waals surface area contributed by atoms with Gasteiger partial charge in [0.25, 0.3) is 0 Å². The molecule has 1 heterocycles. The fourth-order valence-corrected chi connectivity index (χ4v) is 1.02. The van der Waals surface area contributed by atoms with E-state index in [-0.39, 0.29) is 0 Å². The number of rotatable bonds is 1. The molecule has 0 aromatic heterocycles. The lowest BCUT2D eigenvalue weighted by atomic mass is 10.3. The van der Waals surface area contributed by atoms with Crippen molar-refractivity contribution in [2.75, 3.05) is 20.1 Å². The van der Waals surface area contributed by atoms with Crippen LogP contribution >= 0.6 is 0 Å².